The van der Waals surface area contributed by atoms with Gasteiger partial charge in [-0.2, -0.15) is 0 Å². The average molecular weight is 716 g/mol. The lowest BCUT2D eigenvalue weighted by atomic mass is 9.94. The minimum atomic E-state index is 0.598. The Kier molecular flexibility index (Phi) is 6.56. The van der Waals surface area contributed by atoms with Crippen LogP contribution in [-0.2, 0) is 0 Å². The Morgan fingerprint density at radius 1 is 0.268 bits per heavy atom. The third-order valence-electron chi connectivity index (χ3n) is 11.1. The fourth-order valence-electron chi connectivity index (χ4n) is 8.42. The number of nitrogens with zero attached hydrogens (tertiary/aromatic N) is 3. The van der Waals surface area contributed by atoms with Crippen molar-refractivity contribution < 1.29 is 8.83 Å². The number of aromatic nitrogens is 3. The minimum absolute atomic E-state index is 0.598. The monoisotopic (exact) mass is 715 g/mol. The molecule has 0 aliphatic carbocycles. The number of rotatable bonds is 4. The van der Waals surface area contributed by atoms with Crippen molar-refractivity contribution in [2.45, 2.75) is 0 Å². The van der Waals surface area contributed by atoms with Gasteiger partial charge in [0.25, 0.3) is 0 Å². The SMILES string of the molecule is c1ccc2cc3c(cc2c1)oc1cc(-c2cccc4c(-c5nc(-c6ccc7oc8ccccc8c7c6)nc(-c6cccc7ccccc67)n5)cccc24)ccc13. The highest BCUT2D eigenvalue weighted by atomic mass is 16.3. The number of hydrogen-bond donors (Lipinski definition) is 0. The zero-order valence-corrected chi connectivity index (χ0v) is 29.9. The second-order valence-electron chi connectivity index (χ2n) is 14.4. The van der Waals surface area contributed by atoms with Crippen LogP contribution in [0.5, 0.6) is 0 Å². The summed E-state index contributed by atoms with van der Waals surface area (Å²) < 4.78 is 12.7. The lowest BCUT2D eigenvalue weighted by molar-refractivity contribution is 0.669. The quantitative estimate of drug-likeness (QED) is 0.181. The van der Waals surface area contributed by atoms with Crippen LogP contribution in [0.25, 0.3) is 121 Å². The molecule has 3 aromatic heterocycles. The molecule has 9 aromatic carbocycles. The van der Waals surface area contributed by atoms with Crippen molar-refractivity contribution in [1.82, 2.24) is 15.0 Å². The Morgan fingerprint density at radius 2 is 0.786 bits per heavy atom. The summed E-state index contributed by atoms with van der Waals surface area (Å²) in [4.78, 5) is 15.6. The van der Waals surface area contributed by atoms with Crippen LogP contribution in [0, 0.1) is 0 Å². The molecule has 0 spiro atoms. The van der Waals surface area contributed by atoms with Gasteiger partial charge in [0.05, 0.1) is 0 Å². The number of hydrogen-bond acceptors (Lipinski definition) is 5. The van der Waals surface area contributed by atoms with Crippen molar-refractivity contribution in [2.24, 2.45) is 0 Å². The van der Waals surface area contributed by atoms with Crippen molar-refractivity contribution in [2.75, 3.05) is 0 Å². The summed E-state index contributed by atoms with van der Waals surface area (Å²) in [5.41, 5.74) is 8.41. The predicted molar refractivity (Wildman–Crippen MR) is 229 cm³/mol. The molecule has 0 amide bonds. The van der Waals surface area contributed by atoms with E-state index in [1.54, 1.807) is 0 Å². The van der Waals surface area contributed by atoms with Gasteiger partial charge >= 0.3 is 0 Å². The largest absolute Gasteiger partial charge is 0.456 e. The van der Waals surface area contributed by atoms with Crippen LogP contribution >= 0.6 is 0 Å². The summed E-state index contributed by atoms with van der Waals surface area (Å²) in [5, 5.41) is 11.1. The molecule has 0 bridgehead atoms. The first-order valence-electron chi connectivity index (χ1n) is 18.8. The molecular formula is C51H29N3O2. The molecule has 12 rings (SSSR count). The topological polar surface area (TPSA) is 65.0 Å². The highest BCUT2D eigenvalue weighted by molar-refractivity contribution is 6.12. The van der Waals surface area contributed by atoms with Gasteiger partial charge in [0.1, 0.15) is 22.3 Å². The Labute approximate surface area is 320 Å². The van der Waals surface area contributed by atoms with E-state index >= 15 is 0 Å². The van der Waals surface area contributed by atoms with E-state index < -0.39 is 0 Å². The number of furan rings is 2. The van der Waals surface area contributed by atoms with Gasteiger partial charge in [0, 0.05) is 38.2 Å². The summed E-state index contributed by atoms with van der Waals surface area (Å²) in [6.45, 7) is 0. The summed E-state index contributed by atoms with van der Waals surface area (Å²) >= 11 is 0. The molecule has 0 radical (unpaired) electrons. The zero-order chi connectivity index (χ0) is 36.7. The van der Waals surface area contributed by atoms with Gasteiger partial charge in [-0.1, -0.05) is 127 Å². The zero-order valence-electron chi connectivity index (χ0n) is 29.9. The lowest BCUT2D eigenvalue weighted by Crippen LogP contribution is -2.01. The molecular weight excluding hydrogens is 687 g/mol. The molecule has 0 aliphatic heterocycles. The number of benzene rings is 9. The van der Waals surface area contributed by atoms with Crippen LogP contribution in [0.1, 0.15) is 0 Å². The maximum atomic E-state index is 6.48. The van der Waals surface area contributed by atoms with Crippen LogP contribution in [0.4, 0.5) is 0 Å². The fourth-order valence-corrected chi connectivity index (χ4v) is 8.42. The smallest absolute Gasteiger partial charge is 0.164 e. The van der Waals surface area contributed by atoms with Gasteiger partial charge in [-0.15, -0.1) is 0 Å². The molecule has 0 saturated carbocycles. The third-order valence-corrected chi connectivity index (χ3v) is 11.1. The van der Waals surface area contributed by atoms with E-state index in [0.29, 0.717) is 17.5 Å². The van der Waals surface area contributed by atoms with Crippen molar-refractivity contribution in [3.8, 4) is 45.3 Å². The number of fused-ring (bicyclic) bond motifs is 9. The Hall–Kier alpha value is -7.63. The maximum Gasteiger partial charge on any atom is 0.164 e. The van der Waals surface area contributed by atoms with Gasteiger partial charge in [-0.05, 0) is 92.0 Å². The standard InChI is InChI=1S/C51H29N3O2/c1-2-12-32-28-48-44(26-31(32)11-1)40-24-22-33(29-47(40)56-48)36-16-8-18-38-37(36)17-9-20-42(38)51-53-49(34-23-25-46-43(27-34)39-15-5-6-21-45(39)55-46)52-50(54-51)41-19-7-13-30-10-3-4-14-35(30)41/h1-29H. The van der Waals surface area contributed by atoms with Gasteiger partial charge in [0.2, 0.25) is 0 Å². The van der Waals surface area contributed by atoms with E-state index in [9.17, 15) is 0 Å². The second kappa shape index (κ2) is 11.9. The fraction of sp³-hybridized carbons (Fsp3) is 0. The van der Waals surface area contributed by atoms with Crippen molar-refractivity contribution in [1.29, 1.82) is 0 Å². The van der Waals surface area contributed by atoms with Gasteiger partial charge < -0.3 is 8.83 Å². The first-order valence-corrected chi connectivity index (χ1v) is 18.8. The summed E-state index contributed by atoms with van der Waals surface area (Å²) in [6.07, 6.45) is 0. The molecule has 0 atom stereocenters. The Morgan fingerprint density at radius 3 is 1.62 bits per heavy atom. The molecule has 260 valence electrons. The molecule has 0 unspecified atom stereocenters. The second-order valence-corrected chi connectivity index (χ2v) is 14.4. The molecule has 0 fully saturated rings. The highest BCUT2D eigenvalue weighted by Crippen LogP contribution is 2.39. The van der Waals surface area contributed by atoms with E-state index in [-0.39, 0.29) is 0 Å². The van der Waals surface area contributed by atoms with E-state index in [0.717, 1.165) is 93.2 Å². The average Bonchev–Trinajstić information content (AvgIpc) is 3.81. The number of para-hydroxylation sites is 1. The van der Waals surface area contributed by atoms with E-state index in [2.05, 4.69) is 146 Å². The first-order chi connectivity index (χ1) is 27.7. The van der Waals surface area contributed by atoms with Crippen molar-refractivity contribution in [3.05, 3.63) is 176 Å². The predicted octanol–water partition coefficient (Wildman–Crippen LogP) is 13.8. The lowest BCUT2D eigenvalue weighted by Gasteiger charge is -2.13. The molecule has 12 aromatic rings. The van der Waals surface area contributed by atoms with Gasteiger partial charge in [0.15, 0.2) is 17.5 Å². The highest BCUT2D eigenvalue weighted by Gasteiger charge is 2.19. The summed E-state index contributed by atoms with van der Waals surface area (Å²) in [7, 11) is 0. The molecule has 3 heterocycles. The Balaban J connectivity index is 1.05. The van der Waals surface area contributed by atoms with Crippen molar-refractivity contribution >= 4 is 76.2 Å². The van der Waals surface area contributed by atoms with Crippen molar-refractivity contribution in [3.63, 3.8) is 0 Å². The molecule has 0 aliphatic rings. The van der Waals surface area contributed by atoms with Gasteiger partial charge in [-0.3, -0.25) is 0 Å². The van der Waals surface area contributed by atoms with Crippen LogP contribution in [0.2, 0.25) is 0 Å². The summed E-state index contributed by atoms with van der Waals surface area (Å²) in [6, 6.07) is 61.1. The molecule has 56 heavy (non-hydrogen) atoms. The normalized spacial score (nSPS) is 11.9. The molecule has 5 nitrogen and oxygen atoms in total. The molecule has 5 heteroatoms. The first kappa shape index (κ1) is 30.8. The molecule has 0 N–H and O–H groups in total. The van der Waals surface area contributed by atoms with E-state index in [1.165, 1.54) is 10.8 Å². The van der Waals surface area contributed by atoms with Crippen LogP contribution in [0.15, 0.2) is 185 Å². The maximum absolute atomic E-state index is 6.48. The van der Waals surface area contributed by atoms with Crippen LogP contribution < -0.4 is 0 Å². The molecule has 0 saturated heterocycles. The summed E-state index contributed by atoms with van der Waals surface area (Å²) in [5.74, 6) is 1.83. The van der Waals surface area contributed by atoms with E-state index in [1.807, 2.05) is 30.3 Å². The minimum Gasteiger partial charge on any atom is -0.456 e. The van der Waals surface area contributed by atoms with Crippen LogP contribution in [-0.4, -0.2) is 15.0 Å². The van der Waals surface area contributed by atoms with Gasteiger partial charge in [-0.25, -0.2) is 15.0 Å². The van der Waals surface area contributed by atoms with E-state index in [4.69, 9.17) is 23.8 Å². The third kappa shape index (κ3) is 4.78. The van der Waals surface area contributed by atoms with Crippen LogP contribution in [0.3, 0.4) is 0 Å². The Bertz CT molecular complexity index is 3550.